The largest absolute Gasteiger partial charge is 0.457 e. The van der Waals surface area contributed by atoms with Crippen LogP contribution in [0.15, 0.2) is 72.8 Å². The van der Waals surface area contributed by atoms with Crippen LogP contribution in [-0.2, 0) is 5.54 Å². The molecule has 0 saturated heterocycles. The summed E-state index contributed by atoms with van der Waals surface area (Å²) in [5, 5.41) is 0.748. The van der Waals surface area contributed by atoms with Crippen molar-refractivity contribution in [1.82, 2.24) is 4.90 Å². The van der Waals surface area contributed by atoms with E-state index in [9.17, 15) is 0 Å². The van der Waals surface area contributed by atoms with Gasteiger partial charge in [-0.2, -0.15) is 0 Å². The van der Waals surface area contributed by atoms with Crippen LogP contribution in [0.2, 0.25) is 5.02 Å². The van der Waals surface area contributed by atoms with Gasteiger partial charge in [0, 0.05) is 21.7 Å². The van der Waals surface area contributed by atoms with Crippen molar-refractivity contribution in [2.45, 2.75) is 5.54 Å². The third-order valence-electron chi connectivity index (χ3n) is 4.71. The van der Waals surface area contributed by atoms with Gasteiger partial charge >= 0.3 is 0 Å². The van der Waals surface area contributed by atoms with E-state index in [-0.39, 0.29) is 0 Å². The van der Waals surface area contributed by atoms with Crippen LogP contribution in [-0.4, -0.2) is 19.0 Å². The predicted molar refractivity (Wildman–Crippen MR) is 98.0 cm³/mol. The average molecular weight is 336 g/mol. The molecule has 0 unspecified atom stereocenters. The van der Waals surface area contributed by atoms with Crippen molar-refractivity contribution < 1.29 is 4.74 Å². The standard InChI is InChI=1S/C21H18ClNO/c1-23(2)21(15-9-3-6-12-18(15)22)16-10-4-7-13-19(16)24-20-14-8-5-11-17(20)21/h3-14H,1-2H3. The van der Waals surface area contributed by atoms with Crippen molar-refractivity contribution in [3.05, 3.63) is 94.5 Å². The highest BCUT2D eigenvalue weighted by Crippen LogP contribution is 2.53. The lowest BCUT2D eigenvalue weighted by Crippen LogP contribution is -2.45. The van der Waals surface area contributed by atoms with E-state index in [2.05, 4.69) is 37.2 Å². The number of halogens is 1. The minimum atomic E-state index is -0.496. The van der Waals surface area contributed by atoms with E-state index in [0.29, 0.717) is 0 Å². The Balaban J connectivity index is 2.16. The lowest BCUT2D eigenvalue weighted by atomic mass is 9.74. The molecule has 1 aliphatic rings. The molecular formula is C21H18ClNO. The van der Waals surface area contributed by atoms with Crippen molar-refractivity contribution in [3.8, 4) is 11.5 Å². The van der Waals surface area contributed by atoms with Gasteiger partial charge in [0.05, 0.1) is 0 Å². The normalized spacial score (nSPS) is 14.7. The summed E-state index contributed by atoms with van der Waals surface area (Å²) >= 11 is 6.66. The van der Waals surface area contributed by atoms with Crippen LogP contribution in [0.4, 0.5) is 0 Å². The number of hydrogen-bond acceptors (Lipinski definition) is 2. The second-order valence-corrected chi connectivity index (χ2v) is 6.59. The fourth-order valence-corrected chi connectivity index (χ4v) is 4.01. The maximum absolute atomic E-state index is 6.66. The molecule has 120 valence electrons. The molecule has 1 heterocycles. The van der Waals surface area contributed by atoms with Crippen molar-refractivity contribution in [1.29, 1.82) is 0 Å². The number of ether oxygens (including phenoxy) is 1. The lowest BCUT2D eigenvalue weighted by Gasteiger charge is -2.45. The van der Waals surface area contributed by atoms with Gasteiger partial charge in [0.1, 0.15) is 17.0 Å². The van der Waals surface area contributed by atoms with Gasteiger partial charge in [-0.05, 0) is 32.3 Å². The third kappa shape index (κ3) is 2.00. The van der Waals surface area contributed by atoms with Crippen LogP contribution in [0.5, 0.6) is 11.5 Å². The average Bonchev–Trinajstić information content (AvgIpc) is 2.60. The van der Waals surface area contributed by atoms with Crippen LogP contribution < -0.4 is 4.74 Å². The third-order valence-corrected chi connectivity index (χ3v) is 5.04. The van der Waals surface area contributed by atoms with E-state index >= 15 is 0 Å². The lowest BCUT2D eigenvalue weighted by molar-refractivity contribution is 0.225. The van der Waals surface area contributed by atoms with Crippen LogP contribution in [0.25, 0.3) is 0 Å². The minimum absolute atomic E-state index is 0.496. The second kappa shape index (κ2) is 5.66. The number of para-hydroxylation sites is 2. The topological polar surface area (TPSA) is 12.5 Å². The summed E-state index contributed by atoms with van der Waals surface area (Å²) in [6.45, 7) is 0. The molecule has 3 aromatic carbocycles. The minimum Gasteiger partial charge on any atom is -0.457 e. The molecule has 0 N–H and O–H groups in total. The van der Waals surface area contributed by atoms with Gasteiger partial charge in [0.15, 0.2) is 0 Å². The van der Waals surface area contributed by atoms with Gasteiger partial charge in [0.25, 0.3) is 0 Å². The van der Waals surface area contributed by atoms with Crippen LogP contribution in [0.3, 0.4) is 0 Å². The van der Waals surface area contributed by atoms with Crippen LogP contribution in [0.1, 0.15) is 16.7 Å². The molecule has 3 heteroatoms. The van der Waals surface area contributed by atoms with Crippen molar-refractivity contribution in [3.63, 3.8) is 0 Å². The van der Waals surface area contributed by atoms with E-state index in [1.807, 2.05) is 54.6 Å². The molecule has 24 heavy (non-hydrogen) atoms. The SMILES string of the molecule is CN(C)C1(c2ccccc2Cl)c2ccccc2Oc2ccccc21. The molecule has 0 fully saturated rings. The van der Waals surface area contributed by atoms with Gasteiger partial charge in [-0.15, -0.1) is 0 Å². The summed E-state index contributed by atoms with van der Waals surface area (Å²) in [5.41, 5.74) is 2.76. The molecule has 0 radical (unpaired) electrons. The van der Waals surface area contributed by atoms with Crippen LogP contribution in [0, 0.1) is 0 Å². The monoisotopic (exact) mass is 335 g/mol. The Kier molecular flexibility index (Phi) is 3.60. The van der Waals surface area contributed by atoms with E-state index in [4.69, 9.17) is 16.3 Å². The Morgan fingerprint density at radius 3 is 1.67 bits per heavy atom. The summed E-state index contributed by atoms with van der Waals surface area (Å²) in [6, 6.07) is 24.4. The Morgan fingerprint density at radius 2 is 1.17 bits per heavy atom. The Morgan fingerprint density at radius 1 is 0.708 bits per heavy atom. The first-order valence-corrected chi connectivity index (χ1v) is 8.33. The van der Waals surface area contributed by atoms with Crippen molar-refractivity contribution in [2.75, 3.05) is 14.1 Å². The highest BCUT2D eigenvalue weighted by Gasteiger charge is 2.46. The number of hydrogen-bond donors (Lipinski definition) is 0. The smallest absolute Gasteiger partial charge is 0.133 e. The summed E-state index contributed by atoms with van der Waals surface area (Å²) in [5.74, 6) is 1.73. The molecule has 0 spiro atoms. The van der Waals surface area contributed by atoms with E-state index in [1.165, 1.54) is 0 Å². The summed E-state index contributed by atoms with van der Waals surface area (Å²) in [7, 11) is 4.17. The van der Waals surface area contributed by atoms with Gasteiger partial charge < -0.3 is 4.74 Å². The second-order valence-electron chi connectivity index (χ2n) is 6.18. The summed E-state index contributed by atoms with van der Waals surface area (Å²) in [6.07, 6.45) is 0. The number of benzene rings is 3. The van der Waals surface area contributed by atoms with Gasteiger partial charge in [-0.25, -0.2) is 0 Å². The van der Waals surface area contributed by atoms with Crippen LogP contribution >= 0.6 is 11.6 Å². The molecule has 0 amide bonds. The maximum atomic E-state index is 6.66. The van der Waals surface area contributed by atoms with E-state index in [0.717, 1.165) is 33.2 Å². The molecule has 1 aliphatic heterocycles. The molecule has 0 aromatic heterocycles. The van der Waals surface area contributed by atoms with Gasteiger partial charge in [-0.3, -0.25) is 4.90 Å². The highest BCUT2D eigenvalue weighted by molar-refractivity contribution is 6.31. The zero-order valence-corrected chi connectivity index (χ0v) is 14.4. The first-order valence-electron chi connectivity index (χ1n) is 7.95. The number of fused-ring (bicyclic) bond motifs is 2. The van der Waals surface area contributed by atoms with Crippen molar-refractivity contribution >= 4 is 11.6 Å². The molecule has 0 saturated carbocycles. The first-order chi connectivity index (χ1) is 11.7. The van der Waals surface area contributed by atoms with E-state index in [1.54, 1.807) is 0 Å². The predicted octanol–water partition coefficient (Wildman–Crippen LogP) is 5.30. The molecule has 3 aromatic rings. The maximum Gasteiger partial charge on any atom is 0.133 e. The molecule has 2 nitrogen and oxygen atoms in total. The summed E-state index contributed by atoms with van der Waals surface area (Å²) < 4.78 is 6.17. The zero-order valence-electron chi connectivity index (χ0n) is 13.7. The highest BCUT2D eigenvalue weighted by atomic mass is 35.5. The Hall–Kier alpha value is -2.29. The zero-order chi connectivity index (χ0) is 16.7. The fraction of sp³-hybridized carbons (Fsp3) is 0.143. The fourth-order valence-electron chi connectivity index (χ4n) is 3.74. The molecule has 0 bridgehead atoms. The van der Waals surface area contributed by atoms with Gasteiger partial charge in [0.2, 0.25) is 0 Å². The molecule has 0 atom stereocenters. The Labute approximate surface area is 147 Å². The molecule has 4 rings (SSSR count). The number of rotatable bonds is 2. The van der Waals surface area contributed by atoms with E-state index < -0.39 is 5.54 Å². The molecular weight excluding hydrogens is 318 g/mol. The molecule has 0 aliphatic carbocycles. The number of nitrogens with zero attached hydrogens (tertiary/aromatic N) is 1. The first kappa shape index (κ1) is 15.3. The summed E-state index contributed by atoms with van der Waals surface area (Å²) in [4.78, 5) is 2.22. The van der Waals surface area contributed by atoms with Gasteiger partial charge in [-0.1, -0.05) is 66.2 Å². The van der Waals surface area contributed by atoms with Crippen molar-refractivity contribution in [2.24, 2.45) is 0 Å². The quantitative estimate of drug-likeness (QED) is 0.630. The Bertz CT molecular complexity index is 840.